The number of ether oxygens (including phenoxy) is 1. The molecular formula is C34H40N10O4. The number of nitrogen functional groups attached to an aromatic ring is 1. The van der Waals surface area contributed by atoms with Crippen molar-refractivity contribution in [2.45, 2.75) is 44.8 Å². The van der Waals surface area contributed by atoms with Crippen LogP contribution in [0, 0.1) is 6.92 Å². The number of hydrogen-bond acceptors (Lipinski definition) is 9. The molecule has 14 heteroatoms. The standard InChI is InChI=1S/C34H40N10O4/c1-22-16-23(17-25-19-38-40-30(22)25)18-29(31(45)42-14-12-41(13-15-42)27-20-36-32(35)37-21-27)48-34(47)43-9-7-26(8-10-43)44-11-6-24-4-2-3-5-28(24)39-33(44)46/h2-5,16-17,19-21,26,29H,6-15,18H2,1H3,(H,38,40)(H,39,46)(H2,35,36,37)/t29-/m1/s1. The highest BCUT2D eigenvalue weighted by atomic mass is 16.6. The quantitative estimate of drug-likeness (QED) is 0.284. The minimum Gasteiger partial charge on any atom is -0.436 e. The molecule has 1 atom stereocenters. The van der Waals surface area contributed by atoms with Gasteiger partial charge in [0.05, 0.1) is 29.8 Å². The highest BCUT2D eigenvalue weighted by molar-refractivity contribution is 5.91. The molecule has 4 aromatic rings. The second kappa shape index (κ2) is 13.4. The number of piperidine rings is 1. The first-order valence-electron chi connectivity index (χ1n) is 16.5. The van der Waals surface area contributed by atoms with Gasteiger partial charge in [0.2, 0.25) is 5.95 Å². The van der Waals surface area contributed by atoms with E-state index < -0.39 is 12.2 Å². The van der Waals surface area contributed by atoms with E-state index >= 15 is 0 Å². The zero-order chi connectivity index (χ0) is 33.2. The summed E-state index contributed by atoms with van der Waals surface area (Å²) in [5, 5.41) is 11.1. The van der Waals surface area contributed by atoms with Crippen molar-refractivity contribution in [1.82, 2.24) is 34.9 Å². The molecule has 0 saturated carbocycles. The van der Waals surface area contributed by atoms with Gasteiger partial charge in [0.25, 0.3) is 5.91 Å². The van der Waals surface area contributed by atoms with Gasteiger partial charge in [-0.05, 0) is 55.0 Å². The maximum absolute atomic E-state index is 14.0. The number of benzene rings is 2. The molecule has 0 bridgehead atoms. The number of hydrogen-bond donors (Lipinski definition) is 3. The fourth-order valence-electron chi connectivity index (χ4n) is 7.00. The summed E-state index contributed by atoms with van der Waals surface area (Å²) in [4.78, 5) is 56.3. The Bertz CT molecular complexity index is 1800. The van der Waals surface area contributed by atoms with Crippen LogP contribution in [0.25, 0.3) is 10.9 Å². The summed E-state index contributed by atoms with van der Waals surface area (Å²) in [7, 11) is 0. The van der Waals surface area contributed by atoms with Crippen LogP contribution >= 0.6 is 0 Å². The number of likely N-dealkylation sites (tertiary alicyclic amines) is 1. The number of aryl methyl sites for hydroxylation is 1. The molecule has 2 aromatic carbocycles. The van der Waals surface area contributed by atoms with Gasteiger partial charge >= 0.3 is 12.1 Å². The van der Waals surface area contributed by atoms with E-state index in [9.17, 15) is 14.4 Å². The molecule has 14 nitrogen and oxygen atoms in total. The second-order valence-electron chi connectivity index (χ2n) is 12.7. The summed E-state index contributed by atoms with van der Waals surface area (Å²) in [6.45, 7) is 5.57. The van der Waals surface area contributed by atoms with Crippen LogP contribution in [0.2, 0.25) is 0 Å². The SMILES string of the molecule is Cc1cc(C[C@@H](OC(=O)N2CCC(N3CCc4ccccc4NC3=O)CC2)C(=O)N2CCN(c3cnc(N)nc3)CC2)cc2cn[nH]c12. The van der Waals surface area contributed by atoms with E-state index in [1.54, 1.807) is 28.4 Å². The average Bonchev–Trinajstić information content (AvgIpc) is 3.52. The number of para-hydroxylation sites is 1. The third-order valence-corrected chi connectivity index (χ3v) is 9.67. The van der Waals surface area contributed by atoms with Crippen molar-refractivity contribution < 1.29 is 19.1 Å². The van der Waals surface area contributed by atoms with E-state index in [0.29, 0.717) is 58.7 Å². The normalized spacial score (nSPS) is 17.9. The topological polar surface area (TPSA) is 166 Å². The van der Waals surface area contributed by atoms with Crippen molar-refractivity contribution in [2.24, 2.45) is 0 Å². The fourth-order valence-corrected chi connectivity index (χ4v) is 7.00. The first kappa shape index (κ1) is 31.2. The van der Waals surface area contributed by atoms with Gasteiger partial charge in [0.15, 0.2) is 6.10 Å². The molecule has 2 saturated heterocycles. The summed E-state index contributed by atoms with van der Waals surface area (Å²) in [6, 6.07) is 11.8. The Morgan fingerprint density at radius 1 is 0.979 bits per heavy atom. The van der Waals surface area contributed by atoms with Crippen LogP contribution in [-0.4, -0.2) is 111 Å². The molecule has 48 heavy (non-hydrogen) atoms. The summed E-state index contributed by atoms with van der Waals surface area (Å²) in [5.41, 5.74) is 11.3. The van der Waals surface area contributed by atoms with Crippen LogP contribution in [0.4, 0.5) is 26.9 Å². The highest BCUT2D eigenvalue weighted by Gasteiger charge is 2.35. The van der Waals surface area contributed by atoms with Crippen molar-refractivity contribution in [3.63, 3.8) is 0 Å². The lowest BCUT2D eigenvalue weighted by Crippen LogP contribution is -2.54. The molecule has 3 aliphatic rings. The van der Waals surface area contributed by atoms with E-state index in [1.165, 1.54) is 0 Å². The number of amides is 4. The lowest BCUT2D eigenvalue weighted by Gasteiger charge is -2.39. The third-order valence-electron chi connectivity index (χ3n) is 9.67. The van der Waals surface area contributed by atoms with E-state index in [0.717, 1.165) is 45.4 Å². The maximum Gasteiger partial charge on any atom is 0.410 e. The van der Waals surface area contributed by atoms with E-state index in [2.05, 4.69) is 30.4 Å². The van der Waals surface area contributed by atoms with Gasteiger partial charge in [0, 0.05) is 69.3 Å². The van der Waals surface area contributed by atoms with Crippen molar-refractivity contribution in [3.8, 4) is 0 Å². The zero-order valence-corrected chi connectivity index (χ0v) is 27.0. The van der Waals surface area contributed by atoms with E-state index in [1.807, 2.05) is 48.2 Å². The number of rotatable bonds is 6. The smallest absolute Gasteiger partial charge is 0.410 e. The monoisotopic (exact) mass is 652 g/mol. The number of H-pyrrole nitrogens is 1. The third kappa shape index (κ3) is 6.55. The van der Waals surface area contributed by atoms with Crippen molar-refractivity contribution in [1.29, 1.82) is 0 Å². The lowest BCUT2D eigenvalue weighted by atomic mass is 10.0. The summed E-state index contributed by atoms with van der Waals surface area (Å²) >= 11 is 0. The fraction of sp³-hybridized carbons (Fsp3) is 0.412. The Kier molecular flexibility index (Phi) is 8.70. The molecule has 7 rings (SSSR count). The first-order valence-corrected chi connectivity index (χ1v) is 16.5. The summed E-state index contributed by atoms with van der Waals surface area (Å²) in [5.74, 6) is -0.0131. The molecule has 0 radical (unpaired) electrons. The maximum atomic E-state index is 14.0. The summed E-state index contributed by atoms with van der Waals surface area (Å²) < 4.78 is 6.06. The number of carbonyl (C=O) groups is 3. The number of urea groups is 1. The molecular weight excluding hydrogens is 612 g/mol. The molecule has 4 amide bonds. The van der Waals surface area contributed by atoms with Crippen LogP contribution < -0.4 is 16.0 Å². The Balaban J connectivity index is 1.01. The van der Waals surface area contributed by atoms with Gasteiger partial charge in [0.1, 0.15) is 0 Å². The Morgan fingerprint density at radius 3 is 2.50 bits per heavy atom. The molecule has 4 N–H and O–H groups in total. The zero-order valence-electron chi connectivity index (χ0n) is 27.0. The molecule has 2 fully saturated rings. The number of carbonyl (C=O) groups excluding carboxylic acids is 3. The van der Waals surface area contributed by atoms with Gasteiger partial charge in [-0.25, -0.2) is 19.6 Å². The van der Waals surface area contributed by atoms with Gasteiger partial charge in [-0.3, -0.25) is 9.89 Å². The highest BCUT2D eigenvalue weighted by Crippen LogP contribution is 2.26. The molecule has 0 aliphatic carbocycles. The molecule has 5 heterocycles. The van der Waals surface area contributed by atoms with Gasteiger partial charge in [-0.2, -0.15) is 5.10 Å². The first-order chi connectivity index (χ1) is 23.3. The van der Waals surface area contributed by atoms with Gasteiger partial charge in [-0.15, -0.1) is 0 Å². The number of piperazine rings is 1. The Hall–Kier alpha value is -5.40. The van der Waals surface area contributed by atoms with Crippen molar-refractivity contribution >= 4 is 46.3 Å². The van der Waals surface area contributed by atoms with Crippen molar-refractivity contribution in [2.75, 3.05) is 61.8 Å². The van der Waals surface area contributed by atoms with Crippen LogP contribution in [0.5, 0.6) is 0 Å². The molecule has 250 valence electrons. The Morgan fingerprint density at radius 2 is 1.73 bits per heavy atom. The van der Waals surface area contributed by atoms with Gasteiger partial charge < -0.3 is 35.4 Å². The van der Waals surface area contributed by atoms with Crippen LogP contribution in [0.15, 0.2) is 55.0 Å². The molecule has 2 aromatic heterocycles. The molecule has 0 unspecified atom stereocenters. The van der Waals surface area contributed by atoms with Crippen LogP contribution in [0.3, 0.4) is 0 Å². The molecule has 3 aliphatic heterocycles. The van der Waals surface area contributed by atoms with Gasteiger partial charge in [-0.1, -0.05) is 24.3 Å². The number of nitrogens with zero attached hydrogens (tertiary/aromatic N) is 7. The predicted octanol–water partition coefficient (Wildman–Crippen LogP) is 3.19. The summed E-state index contributed by atoms with van der Waals surface area (Å²) in [6.07, 6.45) is 5.87. The molecule has 0 spiro atoms. The predicted molar refractivity (Wildman–Crippen MR) is 181 cm³/mol. The number of nitrogens with one attached hydrogen (secondary N) is 2. The van der Waals surface area contributed by atoms with E-state index in [-0.39, 0.29) is 30.3 Å². The van der Waals surface area contributed by atoms with Crippen molar-refractivity contribution in [3.05, 3.63) is 71.7 Å². The minimum absolute atomic E-state index is 0.00760. The minimum atomic E-state index is -1.000. The van der Waals surface area contributed by atoms with Crippen LogP contribution in [-0.2, 0) is 22.4 Å². The number of nitrogens with two attached hydrogens (primary N) is 1. The number of aromatic nitrogens is 4. The second-order valence-corrected chi connectivity index (χ2v) is 12.7. The van der Waals surface area contributed by atoms with E-state index in [4.69, 9.17) is 10.5 Å². The number of anilines is 3. The lowest BCUT2D eigenvalue weighted by molar-refractivity contribution is -0.141. The average molecular weight is 653 g/mol. The number of aromatic amines is 1. The Labute approximate surface area is 278 Å². The van der Waals surface area contributed by atoms with Crippen LogP contribution in [0.1, 0.15) is 29.5 Å². The largest absolute Gasteiger partial charge is 0.436 e. The number of fused-ring (bicyclic) bond motifs is 2.